The molecule has 0 aromatic heterocycles. The van der Waals surface area contributed by atoms with Gasteiger partial charge in [-0.2, -0.15) is 0 Å². The Morgan fingerprint density at radius 1 is 0.566 bits per heavy atom. The Morgan fingerprint density at radius 3 is 1.51 bits per heavy atom. The van der Waals surface area contributed by atoms with Crippen LogP contribution >= 0.6 is 0 Å². The van der Waals surface area contributed by atoms with E-state index in [1.54, 1.807) is 21.1 Å². The van der Waals surface area contributed by atoms with E-state index in [9.17, 15) is 19.5 Å². The van der Waals surface area contributed by atoms with Gasteiger partial charge < -0.3 is 28.6 Å². The molecule has 2 atom stereocenters. The molecular formula is C45H83NO7. The number of aliphatic carboxylic acids is 1. The molecule has 0 bridgehead atoms. The third kappa shape index (κ3) is 35.3. The quantitative estimate of drug-likeness (QED) is 0.0267. The molecule has 0 rings (SSSR count). The van der Waals surface area contributed by atoms with Crippen LogP contribution in [0.1, 0.15) is 194 Å². The lowest BCUT2D eigenvalue weighted by Crippen LogP contribution is -2.55. The first-order valence-electron chi connectivity index (χ1n) is 21.9. The van der Waals surface area contributed by atoms with E-state index in [2.05, 4.69) is 38.2 Å². The van der Waals surface area contributed by atoms with Gasteiger partial charge in [-0.15, -0.1) is 0 Å². The zero-order chi connectivity index (χ0) is 39.3. The monoisotopic (exact) mass is 750 g/mol. The highest BCUT2D eigenvalue weighted by Gasteiger charge is 2.25. The lowest BCUT2D eigenvalue weighted by Gasteiger charge is -2.34. The number of carbonyl (C=O) groups excluding carboxylic acids is 3. The maximum Gasteiger partial charge on any atom is 0.306 e. The lowest BCUT2D eigenvalue weighted by molar-refractivity contribution is -0.889. The smallest absolute Gasteiger partial charge is 0.306 e. The molecule has 0 spiro atoms. The van der Waals surface area contributed by atoms with Crippen molar-refractivity contribution in [3.8, 4) is 0 Å². The summed E-state index contributed by atoms with van der Waals surface area (Å²) in [4.78, 5) is 36.8. The summed E-state index contributed by atoms with van der Waals surface area (Å²) in [6.45, 7) is 4.62. The Labute approximate surface area is 326 Å². The first kappa shape index (κ1) is 50.8. The van der Waals surface area contributed by atoms with Gasteiger partial charge in [-0.1, -0.05) is 160 Å². The molecule has 0 aromatic carbocycles. The number of quaternary nitrogens is 1. The van der Waals surface area contributed by atoms with Crippen molar-refractivity contribution in [2.45, 2.75) is 206 Å². The van der Waals surface area contributed by atoms with Crippen LogP contribution in [0.5, 0.6) is 0 Å². The highest BCUT2D eigenvalue weighted by atomic mass is 16.6. The van der Waals surface area contributed by atoms with E-state index < -0.39 is 18.1 Å². The Kier molecular flexibility index (Phi) is 35.2. The second kappa shape index (κ2) is 36.8. The molecule has 0 aliphatic rings. The number of carboxylic acid groups (broad SMARTS) is 1. The topological polar surface area (TPSA) is 102 Å². The predicted molar refractivity (Wildman–Crippen MR) is 217 cm³/mol. The van der Waals surface area contributed by atoms with Gasteiger partial charge in [0.2, 0.25) is 0 Å². The summed E-state index contributed by atoms with van der Waals surface area (Å²) in [5, 5.41) is 11.6. The fourth-order valence-corrected chi connectivity index (χ4v) is 6.38. The third-order valence-corrected chi connectivity index (χ3v) is 9.84. The van der Waals surface area contributed by atoms with Crippen molar-refractivity contribution in [2.75, 3.05) is 41.0 Å². The van der Waals surface area contributed by atoms with Crippen molar-refractivity contribution >= 4 is 17.9 Å². The third-order valence-electron chi connectivity index (χ3n) is 9.84. The number of rotatable bonds is 39. The molecule has 8 heteroatoms. The van der Waals surface area contributed by atoms with E-state index in [0.29, 0.717) is 12.8 Å². The number of allylic oxidation sites excluding steroid dienone is 4. The first-order chi connectivity index (χ1) is 25.6. The molecular weight excluding hydrogens is 666 g/mol. The summed E-state index contributed by atoms with van der Waals surface area (Å²) in [5.41, 5.74) is 0. The highest BCUT2D eigenvalue weighted by Crippen LogP contribution is 2.15. The summed E-state index contributed by atoms with van der Waals surface area (Å²) in [6, 6.07) is -0.725. The van der Waals surface area contributed by atoms with Gasteiger partial charge in [0.25, 0.3) is 0 Å². The maximum absolute atomic E-state index is 12.7. The molecule has 0 saturated heterocycles. The minimum absolute atomic E-state index is 0.0386. The van der Waals surface area contributed by atoms with Crippen LogP contribution in [-0.4, -0.2) is 75.5 Å². The fraction of sp³-hybridized carbons (Fsp3) is 0.844. The van der Waals surface area contributed by atoms with E-state index in [1.807, 2.05) is 0 Å². The van der Waals surface area contributed by atoms with E-state index in [0.717, 1.165) is 64.2 Å². The molecule has 0 radical (unpaired) electrons. The van der Waals surface area contributed by atoms with Crippen molar-refractivity contribution in [3.05, 3.63) is 24.3 Å². The van der Waals surface area contributed by atoms with Crippen LogP contribution in [0.2, 0.25) is 0 Å². The second-order valence-electron chi connectivity index (χ2n) is 15.9. The zero-order valence-electron chi connectivity index (χ0n) is 35.2. The molecule has 310 valence electrons. The summed E-state index contributed by atoms with van der Waals surface area (Å²) < 4.78 is 17.1. The van der Waals surface area contributed by atoms with Gasteiger partial charge in [-0.05, 0) is 38.5 Å². The molecule has 0 aromatic rings. The van der Waals surface area contributed by atoms with Gasteiger partial charge in [0.1, 0.15) is 12.6 Å². The number of hydrogen-bond donors (Lipinski definition) is 0. The average Bonchev–Trinajstić information content (AvgIpc) is 3.11. The fourth-order valence-electron chi connectivity index (χ4n) is 6.38. The van der Waals surface area contributed by atoms with Gasteiger partial charge in [-0.25, -0.2) is 0 Å². The van der Waals surface area contributed by atoms with Gasteiger partial charge in [0.15, 0.2) is 6.10 Å². The number of nitrogens with zero attached hydrogens (tertiary/aromatic N) is 1. The van der Waals surface area contributed by atoms with Crippen LogP contribution in [0.3, 0.4) is 0 Å². The standard InChI is InChI=1S/C45H83NO7/c1-6-8-10-12-14-16-18-20-22-24-25-27-29-31-33-35-43(47)52-40-41(39-51-38-37-42(45(49)50)46(3,4)5)53-44(48)36-34-32-30-28-26-23-21-19-17-15-13-11-9-7-2/h13,15,19,21,41-42H,6-12,14,16-18,20,22-40H2,1-5H3/b15-13-,21-19-. The highest BCUT2D eigenvalue weighted by molar-refractivity contribution is 5.70. The van der Waals surface area contributed by atoms with E-state index in [-0.39, 0.29) is 42.7 Å². The largest absolute Gasteiger partial charge is 0.544 e. The zero-order valence-corrected chi connectivity index (χ0v) is 35.2. The van der Waals surface area contributed by atoms with Crippen molar-refractivity contribution in [1.82, 2.24) is 0 Å². The van der Waals surface area contributed by atoms with Crippen molar-refractivity contribution < 1.29 is 38.2 Å². The van der Waals surface area contributed by atoms with Gasteiger partial charge >= 0.3 is 11.9 Å². The molecule has 2 unspecified atom stereocenters. The molecule has 0 aliphatic heterocycles. The first-order valence-corrected chi connectivity index (χ1v) is 21.9. The molecule has 0 fully saturated rings. The van der Waals surface area contributed by atoms with Crippen molar-refractivity contribution in [1.29, 1.82) is 0 Å². The number of esters is 2. The van der Waals surface area contributed by atoms with E-state index in [4.69, 9.17) is 14.2 Å². The minimum atomic E-state index is -1.13. The summed E-state index contributed by atoms with van der Waals surface area (Å²) >= 11 is 0. The Morgan fingerprint density at radius 2 is 1.02 bits per heavy atom. The molecule has 0 heterocycles. The van der Waals surface area contributed by atoms with Gasteiger partial charge in [0.05, 0.1) is 40.3 Å². The number of hydrogen-bond acceptors (Lipinski definition) is 7. The number of likely N-dealkylation sites (N-methyl/N-ethyl adjacent to an activating group) is 1. The normalized spacial score (nSPS) is 13.2. The summed E-state index contributed by atoms with van der Waals surface area (Å²) in [6.07, 6.45) is 39.1. The van der Waals surface area contributed by atoms with Gasteiger partial charge in [-0.3, -0.25) is 9.59 Å². The predicted octanol–water partition coefficient (Wildman–Crippen LogP) is 10.4. The van der Waals surface area contributed by atoms with Crippen LogP contribution in [-0.2, 0) is 28.6 Å². The number of carboxylic acids is 1. The Bertz CT molecular complexity index is 926. The summed E-state index contributed by atoms with van der Waals surface area (Å²) in [7, 11) is 5.40. The Balaban J connectivity index is 4.35. The molecule has 0 aliphatic carbocycles. The Hall–Kier alpha value is -2.19. The average molecular weight is 750 g/mol. The molecule has 0 N–H and O–H groups in total. The summed E-state index contributed by atoms with van der Waals surface area (Å²) in [5.74, 6) is -1.74. The SMILES string of the molecule is CCCC/C=C\C/C=C\CCCCCCCC(=O)OC(COCCC(C(=O)[O-])[N+](C)(C)C)COC(=O)CCCCCCCCCCCCCCCCC. The van der Waals surface area contributed by atoms with Crippen LogP contribution in [0, 0.1) is 0 Å². The van der Waals surface area contributed by atoms with Crippen LogP contribution < -0.4 is 5.11 Å². The van der Waals surface area contributed by atoms with Crippen molar-refractivity contribution in [2.24, 2.45) is 0 Å². The second-order valence-corrected chi connectivity index (χ2v) is 15.9. The minimum Gasteiger partial charge on any atom is -0.544 e. The van der Waals surface area contributed by atoms with Crippen LogP contribution in [0.15, 0.2) is 24.3 Å². The maximum atomic E-state index is 12.7. The molecule has 0 amide bonds. The van der Waals surface area contributed by atoms with Crippen LogP contribution in [0.25, 0.3) is 0 Å². The molecule has 8 nitrogen and oxygen atoms in total. The molecule has 53 heavy (non-hydrogen) atoms. The van der Waals surface area contributed by atoms with Crippen LogP contribution in [0.4, 0.5) is 0 Å². The lowest BCUT2D eigenvalue weighted by atomic mass is 10.0. The van der Waals surface area contributed by atoms with Crippen molar-refractivity contribution in [3.63, 3.8) is 0 Å². The number of unbranched alkanes of at least 4 members (excludes halogenated alkanes) is 21. The van der Waals surface area contributed by atoms with Gasteiger partial charge in [0, 0.05) is 19.3 Å². The number of ether oxygens (including phenoxy) is 3. The number of carbonyl (C=O) groups is 3. The molecule has 0 saturated carbocycles. The van der Waals surface area contributed by atoms with E-state index >= 15 is 0 Å². The van der Waals surface area contributed by atoms with E-state index in [1.165, 1.54) is 96.3 Å².